The second kappa shape index (κ2) is 5.81. The van der Waals surface area contributed by atoms with Crippen LogP contribution >= 0.6 is 0 Å². The van der Waals surface area contributed by atoms with Crippen LogP contribution in [-0.2, 0) is 9.53 Å². The van der Waals surface area contributed by atoms with E-state index in [0.717, 1.165) is 25.9 Å². The zero-order valence-corrected chi connectivity index (χ0v) is 13.1. The third-order valence-electron chi connectivity index (χ3n) is 5.47. The van der Waals surface area contributed by atoms with Crippen molar-refractivity contribution < 1.29 is 14.3 Å². The second-order valence-electron chi connectivity index (χ2n) is 7.07. The maximum atomic E-state index is 12.6. The molecule has 6 nitrogen and oxygen atoms in total. The van der Waals surface area contributed by atoms with Gasteiger partial charge in [0.05, 0.1) is 19.3 Å². The van der Waals surface area contributed by atoms with E-state index < -0.39 is 0 Å². The van der Waals surface area contributed by atoms with Crippen molar-refractivity contribution in [1.29, 1.82) is 0 Å². The summed E-state index contributed by atoms with van der Waals surface area (Å²) < 4.78 is 5.80. The van der Waals surface area contributed by atoms with Crippen molar-refractivity contribution in [2.75, 3.05) is 32.8 Å². The number of carbonyl (C=O) groups excluding carboxylic acids is 2. The first-order valence-electron chi connectivity index (χ1n) is 8.69. The Hall–Kier alpha value is -1.14. The Morgan fingerprint density at radius 2 is 1.82 bits per heavy atom. The molecule has 2 saturated carbocycles. The first kappa shape index (κ1) is 14.5. The maximum Gasteiger partial charge on any atom is 0.327 e. The van der Waals surface area contributed by atoms with E-state index in [1.165, 1.54) is 30.6 Å². The van der Waals surface area contributed by atoms with E-state index in [2.05, 4.69) is 4.90 Å². The molecule has 0 aromatic heterocycles. The lowest BCUT2D eigenvalue weighted by molar-refractivity contribution is -0.127. The number of morpholine rings is 1. The molecule has 1 unspecified atom stereocenters. The van der Waals surface area contributed by atoms with Crippen molar-refractivity contribution in [1.82, 2.24) is 14.7 Å². The number of hydrogen-bond donors (Lipinski definition) is 0. The van der Waals surface area contributed by atoms with Crippen molar-refractivity contribution in [2.45, 2.75) is 56.7 Å². The van der Waals surface area contributed by atoms with Crippen molar-refractivity contribution in [3.05, 3.63) is 0 Å². The van der Waals surface area contributed by atoms with Gasteiger partial charge in [0.15, 0.2) is 0 Å². The summed E-state index contributed by atoms with van der Waals surface area (Å²) in [5.41, 5.74) is 0. The summed E-state index contributed by atoms with van der Waals surface area (Å²) in [6.45, 7) is 3.23. The molecule has 0 radical (unpaired) electrons. The van der Waals surface area contributed by atoms with Crippen LogP contribution in [0.4, 0.5) is 4.79 Å². The summed E-state index contributed by atoms with van der Waals surface area (Å²) in [7, 11) is 0. The van der Waals surface area contributed by atoms with Crippen LogP contribution in [0, 0.1) is 0 Å². The fourth-order valence-electron chi connectivity index (χ4n) is 4.07. The molecule has 4 aliphatic rings. The Labute approximate surface area is 131 Å². The predicted molar refractivity (Wildman–Crippen MR) is 80.4 cm³/mol. The molecule has 122 valence electrons. The summed E-state index contributed by atoms with van der Waals surface area (Å²) in [4.78, 5) is 30.5. The van der Waals surface area contributed by atoms with Crippen LogP contribution in [0.15, 0.2) is 0 Å². The summed E-state index contributed by atoms with van der Waals surface area (Å²) in [6.07, 6.45) is 6.97. The fourth-order valence-corrected chi connectivity index (χ4v) is 4.07. The summed E-state index contributed by atoms with van der Waals surface area (Å²) in [6, 6.07) is 0.895. The summed E-state index contributed by atoms with van der Waals surface area (Å²) >= 11 is 0. The van der Waals surface area contributed by atoms with E-state index in [1.807, 2.05) is 0 Å². The molecule has 0 N–H and O–H groups in total. The van der Waals surface area contributed by atoms with Crippen LogP contribution in [0.2, 0.25) is 0 Å². The highest BCUT2D eigenvalue weighted by Gasteiger charge is 2.42. The standard InChI is InChI=1S/C16H25N3O3/c20-15-11-18(13-3-1-2-4-13)16(21)19(15)10-14-9-17(7-8-22-14)12-5-6-12/h12-14H,1-11H2. The highest BCUT2D eigenvalue weighted by molar-refractivity contribution is 6.02. The van der Waals surface area contributed by atoms with Crippen molar-refractivity contribution >= 4 is 11.9 Å². The van der Waals surface area contributed by atoms with Gasteiger partial charge in [-0.05, 0) is 25.7 Å². The molecule has 0 spiro atoms. The zero-order valence-electron chi connectivity index (χ0n) is 13.1. The second-order valence-corrected chi connectivity index (χ2v) is 7.07. The molecule has 2 heterocycles. The average Bonchev–Trinajstić information content (AvgIpc) is 3.18. The van der Waals surface area contributed by atoms with E-state index in [4.69, 9.17) is 4.74 Å². The molecule has 1 atom stereocenters. The Balaban J connectivity index is 1.37. The summed E-state index contributed by atoms with van der Waals surface area (Å²) in [5, 5.41) is 0. The molecule has 22 heavy (non-hydrogen) atoms. The summed E-state index contributed by atoms with van der Waals surface area (Å²) in [5.74, 6) is -0.0518. The van der Waals surface area contributed by atoms with Gasteiger partial charge in [0.2, 0.25) is 5.91 Å². The zero-order chi connectivity index (χ0) is 15.1. The van der Waals surface area contributed by atoms with Gasteiger partial charge in [-0.15, -0.1) is 0 Å². The Kier molecular flexibility index (Phi) is 3.82. The monoisotopic (exact) mass is 307 g/mol. The highest BCUT2D eigenvalue weighted by Crippen LogP contribution is 2.29. The Morgan fingerprint density at radius 1 is 1.05 bits per heavy atom. The molecule has 6 heteroatoms. The average molecular weight is 307 g/mol. The van der Waals surface area contributed by atoms with Crippen LogP contribution in [-0.4, -0.2) is 77.6 Å². The largest absolute Gasteiger partial charge is 0.374 e. The highest BCUT2D eigenvalue weighted by atomic mass is 16.5. The third kappa shape index (κ3) is 2.74. The SMILES string of the molecule is O=C1CN(C2CCCC2)C(=O)N1CC1CN(C2CC2)CCO1. The lowest BCUT2D eigenvalue weighted by Gasteiger charge is -2.34. The number of carbonyl (C=O) groups is 2. The molecule has 0 aromatic carbocycles. The lowest BCUT2D eigenvalue weighted by Crippen LogP contribution is -2.50. The normalized spacial score (nSPS) is 31.5. The van der Waals surface area contributed by atoms with Crippen LogP contribution in [0.3, 0.4) is 0 Å². The molecule has 0 aromatic rings. The molecule has 2 aliphatic carbocycles. The topological polar surface area (TPSA) is 53.1 Å². The number of rotatable bonds is 4. The molecular weight excluding hydrogens is 282 g/mol. The molecule has 0 bridgehead atoms. The van der Waals surface area contributed by atoms with Gasteiger partial charge < -0.3 is 9.64 Å². The van der Waals surface area contributed by atoms with Crippen LogP contribution in [0.1, 0.15) is 38.5 Å². The number of ether oxygens (including phenoxy) is 1. The van der Waals surface area contributed by atoms with Gasteiger partial charge in [0, 0.05) is 25.2 Å². The van der Waals surface area contributed by atoms with E-state index in [1.54, 1.807) is 4.90 Å². The lowest BCUT2D eigenvalue weighted by atomic mass is 10.2. The van der Waals surface area contributed by atoms with Crippen LogP contribution < -0.4 is 0 Å². The first-order chi connectivity index (χ1) is 10.7. The molecule has 4 rings (SSSR count). The van der Waals surface area contributed by atoms with Gasteiger partial charge in [0.25, 0.3) is 0 Å². The van der Waals surface area contributed by atoms with Gasteiger partial charge in [0.1, 0.15) is 6.54 Å². The number of imide groups is 1. The maximum absolute atomic E-state index is 12.6. The van der Waals surface area contributed by atoms with Crippen LogP contribution in [0.5, 0.6) is 0 Å². The minimum absolute atomic E-state index is 0.0224. The predicted octanol–water partition coefficient (Wildman–Crippen LogP) is 1.06. The first-order valence-corrected chi connectivity index (χ1v) is 8.69. The fraction of sp³-hybridized carbons (Fsp3) is 0.875. The van der Waals surface area contributed by atoms with E-state index in [-0.39, 0.29) is 30.6 Å². The van der Waals surface area contributed by atoms with E-state index in [0.29, 0.717) is 19.2 Å². The molecule has 2 saturated heterocycles. The minimum atomic E-state index is -0.0935. The van der Waals surface area contributed by atoms with Gasteiger partial charge in [-0.2, -0.15) is 0 Å². The van der Waals surface area contributed by atoms with Crippen LogP contribution in [0.25, 0.3) is 0 Å². The molecule has 3 amide bonds. The number of hydrogen-bond acceptors (Lipinski definition) is 4. The number of nitrogens with zero attached hydrogens (tertiary/aromatic N) is 3. The minimum Gasteiger partial charge on any atom is -0.374 e. The van der Waals surface area contributed by atoms with Crippen molar-refractivity contribution in [3.8, 4) is 0 Å². The van der Waals surface area contributed by atoms with Crippen molar-refractivity contribution in [3.63, 3.8) is 0 Å². The number of urea groups is 1. The third-order valence-corrected chi connectivity index (χ3v) is 5.47. The van der Waals surface area contributed by atoms with Gasteiger partial charge in [-0.3, -0.25) is 14.6 Å². The van der Waals surface area contributed by atoms with Crippen molar-refractivity contribution in [2.24, 2.45) is 0 Å². The Morgan fingerprint density at radius 3 is 2.55 bits per heavy atom. The Bertz CT molecular complexity index is 460. The van der Waals surface area contributed by atoms with Gasteiger partial charge in [-0.25, -0.2) is 4.79 Å². The van der Waals surface area contributed by atoms with E-state index in [9.17, 15) is 9.59 Å². The molecular formula is C16H25N3O3. The van der Waals surface area contributed by atoms with Gasteiger partial charge >= 0.3 is 6.03 Å². The molecule has 2 aliphatic heterocycles. The van der Waals surface area contributed by atoms with E-state index >= 15 is 0 Å². The van der Waals surface area contributed by atoms with Gasteiger partial charge in [-0.1, -0.05) is 12.8 Å². The molecule has 4 fully saturated rings. The number of amides is 3. The quantitative estimate of drug-likeness (QED) is 0.729. The smallest absolute Gasteiger partial charge is 0.327 e.